The van der Waals surface area contributed by atoms with Gasteiger partial charge in [-0.1, -0.05) is 144 Å². The van der Waals surface area contributed by atoms with E-state index in [4.69, 9.17) is 9.05 Å². The zero-order valence-corrected chi connectivity index (χ0v) is 29.4. The zero-order valence-electron chi connectivity index (χ0n) is 28.5. The smallest absolute Gasteiger partial charge is 0.299 e. The molecule has 43 heavy (non-hydrogen) atoms. The largest absolute Gasteiger partial charge is 0.429 e. The van der Waals surface area contributed by atoms with Crippen LogP contribution in [-0.4, -0.2) is 0 Å². The van der Waals surface area contributed by atoms with Crippen molar-refractivity contribution in [3.63, 3.8) is 0 Å². The molecule has 0 aliphatic carbocycles. The van der Waals surface area contributed by atoms with Gasteiger partial charge in [-0.2, -0.15) is 0 Å². The molecule has 0 bridgehead atoms. The first kappa shape index (κ1) is 32.8. The van der Waals surface area contributed by atoms with E-state index in [-0.39, 0.29) is 21.7 Å². The number of para-hydroxylation sites is 2. The minimum absolute atomic E-state index is 0.00509. The van der Waals surface area contributed by atoms with E-state index >= 15 is 0 Å². The molecule has 0 spiro atoms. The third-order valence-electron chi connectivity index (χ3n) is 7.93. The molecule has 228 valence electrons. The third-order valence-corrected chi connectivity index (χ3v) is 10.9. The quantitative estimate of drug-likeness (QED) is 0.206. The molecule has 0 aromatic heterocycles. The maximum atomic E-state index is 7.39. The van der Waals surface area contributed by atoms with E-state index in [1.807, 2.05) is 60.7 Å². The second-order valence-electron chi connectivity index (χ2n) is 15.8. The van der Waals surface area contributed by atoms with Gasteiger partial charge in [-0.25, -0.2) is 0 Å². The monoisotopic (exact) mass is 595 g/mol. The van der Waals surface area contributed by atoms with Crippen molar-refractivity contribution in [3.05, 3.63) is 119 Å². The molecular formula is C40H52O2P+. The Morgan fingerprint density at radius 2 is 0.721 bits per heavy atom. The van der Waals surface area contributed by atoms with Crippen molar-refractivity contribution in [1.82, 2.24) is 0 Å². The fraction of sp³-hybridized carbons (Fsp3) is 0.400. The van der Waals surface area contributed by atoms with E-state index in [1.54, 1.807) is 0 Å². The standard InChI is InChI=1S/C40H52O2P/c1-37(2,3)29-23-25-35(33(27-29)39(7,8)9)43(41-31-19-15-13-16-20-31,42-32-21-17-14-18-22-32)36-26-24-30(38(4,5)6)28-34(36)40(10,11)12/h13-28H,1-12H3/q+1. The Morgan fingerprint density at radius 3 is 1.00 bits per heavy atom. The van der Waals surface area contributed by atoms with Crippen molar-refractivity contribution >= 4 is 18.3 Å². The van der Waals surface area contributed by atoms with Gasteiger partial charge in [0.1, 0.15) is 0 Å². The van der Waals surface area contributed by atoms with Gasteiger partial charge in [-0.05, 0) is 69.2 Å². The summed E-state index contributed by atoms with van der Waals surface area (Å²) in [6, 6.07) is 34.3. The molecule has 0 fully saturated rings. The Bertz CT molecular complexity index is 1410. The first-order valence-electron chi connectivity index (χ1n) is 15.5. The van der Waals surface area contributed by atoms with Gasteiger partial charge in [0.2, 0.25) is 0 Å². The van der Waals surface area contributed by atoms with Crippen molar-refractivity contribution in [1.29, 1.82) is 0 Å². The lowest BCUT2D eigenvalue weighted by Gasteiger charge is -2.34. The average Bonchev–Trinajstić information content (AvgIpc) is 2.91. The van der Waals surface area contributed by atoms with Crippen LogP contribution in [0, 0.1) is 0 Å². The van der Waals surface area contributed by atoms with Crippen molar-refractivity contribution in [2.45, 2.75) is 105 Å². The molecule has 4 aromatic rings. The van der Waals surface area contributed by atoms with Crippen LogP contribution >= 0.6 is 7.72 Å². The summed E-state index contributed by atoms with van der Waals surface area (Å²) in [7, 11) is -3.06. The summed E-state index contributed by atoms with van der Waals surface area (Å²) in [5.74, 6) is 1.59. The molecule has 0 saturated carbocycles. The summed E-state index contributed by atoms with van der Waals surface area (Å²) in [6.45, 7) is 27.5. The Labute approximate surface area is 262 Å². The summed E-state index contributed by atoms with van der Waals surface area (Å²) < 4.78 is 14.8. The van der Waals surface area contributed by atoms with Crippen molar-refractivity contribution < 1.29 is 9.05 Å². The summed E-state index contributed by atoms with van der Waals surface area (Å²) >= 11 is 0. The predicted octanol–water partition coefficient (Wildman–Crippen LogP) is 10.8. The molecule has 2 nitrogen and oxygen atoms in total. The fourth-order valence-electron chi connectivity index (χ4n) is 5.32. The fourth-order valence-corrected chi connectivity index (χ4v) is 8.83. The van der Waals surface area contributed by atoms with Crippen LogP contribution in [-0.2, 0) is 21.7 Å². The highest BCUT2D eigenvalue weighted by Crippen LogP contribution is 2.61. The molecule has 0 heterocycles. The Balaban J connectivity index is 2.21. The molecule has 0 aliphatic rings. The summed E-state index contributed by atoms with van der Waals surface area (Å²) in [5.41, 5.74) is 4.80. The van der Waals surface area contributed by atoms with Crippen LogP contribution in [0.2, 0.25) is 0 Å². The Hall–Kier alpha value is -3.09. The molecule has 0 radical (unpaired) electrons. The molecule has 0 aliphatic heterocycles. The Morgan fingerprint density at radius 1 is 0.395 bits per heavy atom. The van der Waals surface area contributed by atoms with Crippen molar-refractivity contribution in [2.75, 3.05) is 0 Å². The minimum Gasteiger partial charge on any atom is -0.299 e. The van der Waals surface area contributed by atoms with E-state index in [0.29, 0.717) is 0 Å². The normalized spacial score (nSPS) is 13.1. The summed E-state index contributed by atoms with van der Waals surface area (Å²) in [5, 5.41) is 2.24. The highest BCUT2D eigenvalue weighted by molar-refractivity contribution is 7.82. The first-order valence-corrected chi connectivity index (χ1v) is 17.1. The van der Waals surface area contributed by atoms with Gasteiger partial charge < -0.3 is 0 Å². The topological polar surface area (TPSA) is 18.5 Å². The highest BCUT2D eigenvalue weighted by Gasteiger charge is 2.56. The molecule has 0 unspecified atom stereocenters. The van der Waals surface area contributed by atoms with E-state index in [1.165, 1.54) is 22.3 Å². The predicted molar refractivity (Wildman–Crippen MR) is 188 cm³/mol. The SMILES string of the molecule is CC(C)(C)c1ccc([P+](Oc2ccccc2)(Oc2ccccc2)c2ccc(C(C)(C)C)cc2C(C)(C)C)c(C(C)(C)C)c1. The zero-order chi connectivity index (χ0) is 31.8. The van der Waals surface area contributed by atoms with Gasteiger partial charge in [0.05, 0.1) is 0 Å². The maximum absolute atomic E-state index is 7.39. The minimum atomic E-state index is -3.06. The molecular weight excluding hydrogens is 543 g/mol. The van der Waals surface area contributed by atoms with E-state index in [9.17, 15) is 0 Å². The van der Waals surface area contributed by atoms with Gasteiger partial charge in [-0.3, -0.25) is 9.05 Å². The maximum Gasteiger partial charge on any atom is 0.429 e. The average molecular weight is 596 g/mol. The van der Waals surface area contributed by atoms with Crippen LogP contribution in [0.25, 0.3) is 0 Å². The molecule has 0 atom stereocenters. The first-order chi connectivity index (χ1) is 19.8. The molecule has 0 N–H and O–H groups in total. The number of rotatable bonds is 6. The molecule has 4 rings (SSSR count). The lowest BCUT2D eigenvalue weighted by Crippen LogP contribution is -2.39. The molecule has 3 heteroatoms. The van der Waals surface area contributed by atoms with Gasteiger partial charge in [0, 0.05) is 11.1 Å². The van der Waals surface area contributed by atoms with Crippen LogP contribution in [0.3, 0.4) is 0 Å². The Kier molecular flexibility index (Phi) is 8.99. The highest BCUT2D eigenvalue weighted by atomic mass is 31.2. The molecule has 4 aromatic carbocycles. The number of hydrogen-bond donors (Lipinski definition) is 0. The van der Waals surface area contributed by atoms with Crippen molar-refractivity contribution in [3.8, 4) is 11.5 Å². The summed E-state index contributed by atoms with van der Waals surface area (Å²) in [6.07, 6.45) is 0. The third kappa shape index (κ3) is 7.35. The van der Waals surface area contributed by atoms with Crippen LogP contribution in [0.5, 0.6) is 11.5 Å². The summed E-state index contributed by atoms with van der Waals surface area (Å²) in [4.78, 5) is 0. The van der Waals surface area contributed by atoms with Crippen LogP contribution < -0.4 is 19.7 Å². The van der Waals surface area contributed by atoms with Crippen LogP contribution in [0.4, 0.5) is 0 Å². The van der Waals surface area contributed by atoms with Gasteiger partial charge >= 0.3 is 7.72 Å². The van der Waals surface area contributed by atoms with Gasteiger partial charge in [-0.15, -0.1) is 0 Å². The lowest BCUT2D eigenvalue weighted by atomic mass is 9.80. The molecule has 0 saturated heterocycles. The lowest BCUT2D eigenvalue weighted by molar-refractivity contribution is 0.482. The van der Waals surface area contributed by atoms with E-state index in [2.05, 4.69) is 119 Å². The van der Waals surface area contributed by atoms with Crippen molar-refractivity contribution in [2.24, 2.45) is 0 Å². The second kappa shape index (κ2) is 11.8. The molecule has 0 amide bonds. The van der Waals surface area contributed by atoms with Crippen LogP contribution in [0.15, 0.2) is 97.1 Å². The van der Waals surface area contributed by atoms with Gasteiger partial charge in [0.25, 0.3) is 0 Å². The van der Waals surface area contributed by atoms with Crippen LogP contribution in [0.1, 0.15) is 105 Å². The van der Waals surface area contributed by atoms with Gasteiger partial charge in [0.15, 0.2) is 22.1 Å². The van der Waals surface area contributed by atoms with E-state index < -0.39 is 7.72 Å². The number of hydrogen-bond acceptors (Lipinski definition) is 2. The van der Waals surface area contributed by atoms with E-state index in [0.717, 1.165) is 22.1 Å². The number of benzene rings is 4. The second-order valence-corrected chi connectivity index (χ2v) is 18.3.